The molecule has 1 aliphatic carbocycles. The van der Waals surface area contributed by atoms with Crippen molar-refractivity contribution in [3.05, 3.63) is 21.3 Å². The van der Waals surface area contributed by atoms with E-state index in [-0.39, 0.29) is 18.4 Å². The van der Waals surface area contributed by atoms with Crippen LogP contribution in [0.4, 0.5) is 0 Å². The van der Waals surface area contributed by atoms with E-state index in [9.17, 15) is 0 Å². The molecule has 0 bridgehead atoms. The Hall–Kier alpha value is 0.240. The van der Waals surface area contributed by atoms with Crippen LogP contribution in [0.2, 0.25) is 4.34 Å². The maximum absolute atomic E-state index is 6.00. The van der Waals surface area contributed by atoms with Gasteiger partial charge in [0.1, 0.15) is 0 Å². The molecule has 0 aromatic carbocycles. The zero-order chi connectivity index (χ0) is 8.55. The van der Waals surface area contributed by atoms with Crippen LogP contribution < -0.4 is 5.73 Å². The lowest BCUT2D eigenvalue weighted by Crippen LogP contribution is -2.08. The third-order valence-electron chi connectivity index (χ3n) is 2.24. The molecule has 1 nitrogen and oxygen atoms in total. The summed E-state index contributed by atoms with van der Waals surface area (Å²) < 4.78 is 0.844. The van der Waals surface area contributed by atoms with E-state index < -0.39 is 0 Å². The summed E-state index contributed by atoms with van der Waals surface area (Å²) in [6.07, 6.45) is 3.87. The predicted octanol–water partition coefficient (Wildman–Crippen LogP) is 3.62. The van der Waals surface area contributed by atoms with Crippen LogP contribution in [0.15, 0.2) is 12.1 Å². The summed E-state index contributed by atoms with van der Waals surface area (Å²) >= 11 is 7.43. The second-order valence-electron chi connectivity index (χ2n) is 3.43. The number of hydrogen-bond acceptors (Lipinski definition) is 2. The average Bonchev–Trinajstić information content (AvgIpc) is 2.72. The first-order valence-corrected chi connectivity index (χ1v) is 5.46. The van der Waals surface area contributed by atoms with E-state index in [1.54, 1.807) is 11.3 Å². The number of halogens is 2. The molecule has 0 spiro atoms. The molecule has 0 unspecified atom stereocenters. The van der Waals surface area contributed by atoms with Crippen molar-refractivity contribution in [1.29, 1.82) is 0 Å². The van der Waals surface area contributed by atoms with E-state index in [2.05, 4.69) is 0 Å². The van der Waals surface area contributed by atoms with Gasteiger partial charge in [-0.1, -0.05) is 24.4 Å². The van der Waals surface area contributed by atoms with Crippen LogP contribution in [0, 0.1) is 5.92 Å². The fourth-order valence-corrected chi connectivity index (χ4v) is 2.43. The van der Waals surface area contributed by atoms with Crippen molar-refractivity contribution in [2.75, 3.05) is 0 Å². The fourth-order valence-electron chi connectivity index (χ4n) is 1.36. The van der Waals surface area contributed by atoms with Gasteiger partial charge in [-0.05, 0) is 24.5 Å². The number of hydrogen-bond donors (Lipinski definition) is 1. The van der Waals surface area contributed by atoms with Crippen LogP contribution >= 0.6 is 35.3 Å². The van der Waals surface area contributed by atoms with Crippen LogP contribution in [-0.2, 0) is 0 Å². The molecule has 1 heterocycles. The smallest absolute Gasteiger partial charge is 0.0931 e. The normalized spacial score (nSPS) is 18.0. The standard InChI is InChI=1S/C9H12ClNS.ClH/c10-9-4-3-8(12-9)7(11)5-6-1-2-6;/h3-4,6-7H,1-2,5,11H2;1H/t7-;/m0./s1. The lowest BCUT2D eigenvalue weighted by molar-refractivity contribution is 0.605. The van der Waals surface area contributed by atoms with Gasteiger partial charge in [-0.15, -0.1) is 23.7 Å². The van der Waals surface area contributed by atoms with Crippen molar-refractivity contribution in [1.82, 2.24) is 0 Å². The third kappa shape index (κ3) is 3.13. The third-order valence-corrected chi connectivity index (χ3v) is 3.61. The first-order chi connectivity index (χ1) is 5.75. The molecule has 74 valence electrons. The van der Waals surface area contributed by atoms with Crippen LogP contribution in [0.5, 0.6) is 0 Å². The Labute approximate surface area is 93.7 Å². The minimum atomic E-state index is 0. The first-order valence-electron chi connectivity index (χ1n) is 4.26. The summed E-state index contributed by atoms with van der Waals surface area (Å²) in [5.41, 5.74) is 6.00. The molecule has 13 heavy (non-hydrogen) atoms. The van der Waals surface area contributed by atoms with Crippen LogP contribution in [0.3, 0.4) is 0 Å². The highest BCUT2D eigenvalue weighted by atomic mass is 35.5. The summed E-state index contributed by atoms with van der Waals surface area (Å²) in [5, 5.41) is 0. The summed E-state index contributed by atoms with van der Waals surface area (Å²) in [7, 11) is 0. The summed E-state index contributed by atoms with van der Waals surface area (Å²) in [4.78, 5) is 1.23. The molecule has 1 fully saturated rings. The van der Waals surface area contributed by atoms with Crippen molar-refractivity contribution in [3.8, 4) is 0 Å². The van der Waals surface area contributed by atoms with Gasteiger partial charge in [0.25, 0.3) is 0 Å². The summed E-state index contributed by atoms with van der Waals surface area (Å²) in [6, 6.07) is 4.18. The molecular weight excluding hydrogens is 225 g/mol. The molecule has 1 saturated carbocycles. The van der Waals surface area contributed by atoms with Gasteiger partial charge in [0.05, 0.1) is 4.34 Å². The van der Waals surface area contributed by atoms with E-state index in [0.717, 1.165) is 16.7 Å². The van der Waals surface area contributed by atoms with Gasteiger partial charge in [0.2, 0.25) is 0 Å². The zero-order valence-electron chi connectivity index (χ0n) is 7.20. The summed E-state index contributed by atoms with van der Waals surface area (Å²) in [5.74, 6) is 0.890. The summed E-state index contributed by atoms with van der Waals surface area (Å²) in [6.45, 7) is 0. The molecule has 1 aromatic rings. The first kappa shape index (κ1) is 11.3. The highest BCUT2D eigenvalue weighted by Crippen LogP contribution is 2.38. The van der Waals surface area contributed by atoms with E-state index in [1.165, 1.54) is 17.7 Å². The molecule has 1 aromatic heterocycles. The number of nitrogens with two attached hydrogens (primary N) is 1. The highest BCUT2D eigenvalue weighted by Gasteiger charge is 2.24. The second-order valence-corrected chi connectivity index (χ2v) is 5.17. The molecule has 0 saturated heterocycles. The van der Waals surface area contributed by atoms with E-state index in [1.807, 2.05) is 12.1 Å². The van der Waals surface area contributed by atoms with Crippen molar-refractivity contribution in [3.63, 3.8) is 0 Å². The fraction of sp³-hybridized carbons (Fsp3) is 0.556. The number of thiophene rings is 1. The van der Waals surface area contributed by atoms with Crippen LogP contribution in [-0.4, -0.2) is 0 Å². The maximum atomic E-state index is 6.00. The van der Waals surface area contributed by atoms with Crippen molar-refractivity contribution < 1.29 is 0 Å². The molecule has 2 rings (SSSR count). The van der Waals surface area contributed by atoms with E-state index >= 15 is 0 Å². The Balaban J connectivity index is 0.000000845. The van der Waals surface area contributed by atoms with E-state index in [4.69, 9.17) is 17.3 Å². The van der Waals surface area contributed by atoms with Gasteiger partial charge in [0, 0.05) is 10.9 Å². The average molecular weight is 238 g/mol. The highest BCUT2D eigenvalue weighted by molar-refractivity contribution is 7.16. The van der Waals surface area contributed by atoms with Gasteiger partial charge in [-0.3, -0.25) is 0 Å². The largest absolute Gasteiger partial charge is 0.323 e. The van der Waals surface area contributed by atoms with Gasteiger partial charge in [-0.2, -0.15) is 0 Å². The van der Waals surface area contributed by atoms with Gasteiger partial charge in [0.15, 0.2) is 0 Å². The maximum Gasteiger partial charge on any atom is 0.0931 e. The zero-order valence-corrected chi connectivity index (χ0v) is 9.59. The SMILES string of the molecule is Cl.N[C@@H](CC1CC1)c1ccc(Cl)s1. The molecule has 1 aliphatic rings. The van der Waals surface area contributed by atoms with Crippen molar-refractivity contribution in [2.45, 2.75) is 25.3 Å². The number of rotatable bonds is 3. The van der Waals surface area contributed by atoms with Gasteiger partial charge >= 0.3 is 0 Å². The lowest BCUT2D eigenvalue weighted by atomic mass is 10.1. The quantitative estimate of drug-likeness (QED) is 0.855. The van der Waals surface area contributed by atoms with E-state index in [0.29, 0.717) is 0 Å². The van der Waals surface area contributed by atoms with Crippen LogP contribution in [0.1, 0.15) is 30.2 Å². The Kier molecular flexibility index (Phi) is 4.05. The Morgan fingerprint density at radius 2 is 2.23 bits per heavy atom. The Bertz CT molecular complexity index is 270. The predicted molar refractivity (Wildman–Crippen MR) is 60.8 cm³/mol. The van der Waals surface area contributed by atoms with Crippen molar-refractivity contribution in [2.24, 2.45) is 11.7 Å². The second kappa shape index (κ2) is 4.65. The Morgan fingerprint density at radius 1 is 1.54 bits per heavy atom. The van der Waals surface area contributed by atoms with Crippen LogP contribution in [0.25, 0.3) is 0 Å². The molecule has 0 aliphatic heterocycles. The minimum absolute atomic E-state index is 0. The van der Waals surface area contributed by atoms with Gasteiger partial charge < -0.3 is 5.73 Å². The Morgan fingerprint density at radius 3 is 2.69 bits per heavy atom. The topological polar surface area (TPSA) is 26.0 Å². The van der Waals surface area contributed by atoms with Gasteiger partial charge in [-0.25, -0.2) is 0 Å². The molecule has 0 amide bonds. The van der Waals surface area contributed by atoms with Crippen molar-refractivity contribution >= 4 is 35.3 Å². The lowest BCUT2D eigenvalue weighted by Gasteiger charge is -2.06. The molecular formula is C9H13Cl2NS. The monoisotopic (exact) mass is 237 g/mol. The molecule has 0 radical (unpaired) electrons. The molecule has 4 heteroatoms. The minimum Gasteiger partial charge on any atom is -0.323 e. The molecule has 2 N–H and O–H groups in total. The molecule has 1 atom stereocenters.